The van der Waals surface area contributed by atoms with Crippen LogP contribution in [-0.4, -0.2) is 69.0 Å². The number of piperidine rings is 1. The normalized spacial score (nSPS) is 20.4. The number of pyridine rings is 1. The smallest absolute Gasteiger partial charge is 0.245 e. The number of likely N-dealkylation sites (tertiary alicyclic amines) is 1. The molecule has 3 atom stereocenters. The topological polar surface area (TPSA) is 129 Å². The molecule has 2 fully saturated rings. The number of hydrogen-bond donors (Lipinski definition) is 0. The van der Waals surface area contributed by atoms with Crippen LogP contribution in [0.5, 0.6) is 0 Å². The van der Waals surface area contributed by atoms with Crippen LogP contribution in [-0.2, 0) is 29.1 Å². The molecule has 1 saturated carbocycles. The summed E-state index contributed by atoms with van der Waals surface area (Å²) in [6, 6.07) is 10.7. The molecule has 45 heavy (non-hydrogen) atoms. The number of fused-ring (bicyclic) bond motifs is 2. The van der Waals surface area contributed by atoms with E-state index in [1.807, 2.05) is 61.1 Å². The lowest BCUT2D eigenvalue weighted by atomic mass is 9.94. The minimum Gasteiger partial charge on any atom is -0.327 e. The van der Waals surface area contributed by atoms with Gasteiger partial charge < -0.3 is 4.90 Å². The molecule has 1 aliphatic heterocycles. The molecule has 228 valence electrons. The van der Waals surface area contributed by atoms with Gasteiger partial charge >= 0.3 is 0 Å². The largest absolute Gasteiger partial charge is 0.327 e. The van der Waals surface area contributed by atoms with Gasteiger partial charge in [-0.15, -0.1) is 0 Å². The molecule has 0 spiro atoms. The molecule has 1 aliphatic carbocycles. The van der Waals surface area contributed by atoms with Gasteiger partial charge in [0.05, 0.1) is 23.7 Å². The molecule has 1 saturated heterocycles. The van der Waals surface area contributed by atoms with Crippen LogP contribution >= 0.6 is 15.9 Å². The zero-order chi connectivity index (χ0) is 31.5. The summed E-state index contributed by atoms with van der Waals surface area (Å²) in [6.07, 6.45) is 8.64. The van der Waals surface area contributed by atoms with Gasteiger partial charge in [0, 0.05) is 60.7 Å². The first-order chi connectivity index (χ1) is 21.6. The van der Waals surface area contributed by atoms with Gasteiger partial charge in [0.25, 0.3) is 0 Å². The molecule has 5 aromatic rings. The number of rotatable bonds is 9. The van der Waals surface area contributed by atoms with Crippen LogP contribution in [0.15, 0.2) is 65.8 Å². The van der Waals surface area contributed by atoms with Crippen LogP contribution in [0, 0.1) is 19.3 Å². The Kier molecular flexibility index (Phi) is 7.19. The van der Waals surface area contributed by atoms with Crippen molar-refractivity contribution in [2.24, 2.45) is 5.41 Å². The zero-order valence-electron chi connectivity index (χ0n) is 25.1. The van der Waals surface area contributed by atoms with Crippen molar-refractivity contribution < 1.29 is 14.4 Å². The molecule has 5 heterocycles. The fourth-order valence-corrected chi connectivity index (χ4v) is 7.05. The van der Waals surface area contributed by atoms with E-state index in [-0.39, 0.29) is 47.6 Å². The van der Waals surface area contributed by atoms with E-state index in [2.05, 4.69) is 41.1 Å². The summed E-state index contributed by atoms with van der Waals surface area (Å²) in [5.74, 6) is 0.230. The quantitative estimate of drug-likeness (QED) is 0.166. The van der Waals surface area contributed by atoms with Crippen molar-refractivity contribution in [3.8, 4) is 11.1 Å². The highest BCUT2D eigenvalue weighted by Crippen LogP contribution is 2.60. The number of aryl methyl sites for hydroxylation is 2. The zero-order valence-corrected chi connectivity index (χ0v) is 26.7. The minimum absolute atomic E-state index is 0.0382. The van der Waals surface area contributed by atoms with Gasteiger partial charge in [0.1, 0.15) is 22.7 Å². The highest BCUT2D eigenvalue weighted by atomic mass is 79.9. The van der Waals surface area contributed by atoms with E-state index >= 15 is 0 Å². The summed E-state index contributed by atoms with van der Waals surface area (Å²) in [4.78, 5) is 55.7. The van der Waals surface area contributed by atoms with Crippen LogP contribution in [0.3, 0.4) is 0 Å². The van der Waals surface area contributed by atoms with Gasteiger partial charge in [-0.1, -0.05) is 12.1 Å². The number of nitrogens with zero attached hydrogens (tertiary/aromatic N) is 8. The maximum atomic E-state index is 14.2. The van der Waals surface area contributed by atoms with Crippen molar-refractivity contribution >= 4 is 44.3 Å². The molecule has 1 amide bonds. The first-order valence-corrected chi connectivity index (χ1v) is 15.6. The van der Waals surface area contributed by atoms with Crippen molar-refractivity contribution in [2.75, 3.05) is 0 Å². The molecule has 7 rings (SSSR count). The van der Waals surface area contributed by atoms with Gasteiger partial charge in [-0.25, -0.2) is 15.0 Å². The molecule has 0 bridgehead atoms. The Morgan fingerprint density at radius 2 is 1.84 bits per heavy atom. The Morgan fingerprint density at radius 3 is 2.58 bits per heavy atom. The summed E-state index contributed by atoms with van der Waals surface area (Å²) >= 11 is 3.42. The first kappa shape index (κ1) is 29.1. The Labute approximate surface area is 267 Å². The highest BCUT2D eigenvalue weighted by molar-refractivity contribution is 9.10. The van der Waals surface area contributed by atoms with Crippen molar-refractivity contribution in [1.29, 1.82) is 0 Å². The lowest BCUT2D eigenvalue weighted by Gasteiger charge is -2.27. The lowest BCUT2D eigenvalue weighted by molar-refractivity contribution is -0.139. The second-order valence-electron chi connectivity index (χ2n) is 12.2. The Hall–Kier alpha value is -4.58. The maximum absolute atomic E-state index is 14.2. The number of carbonyl (C=O) groups excluding carboxylic acids is 3. The summed E-state index contributed by atoms with van der Waals surface area (Å²) in [7, 11) is 0. The Morgan fingerprint density at radius 1 is 1.04 bits per heavy atom. The van der Waals surface area contributed by atoms with E-state index < -0.39 is 6.04 Å². The summed E-state index contributed by atoms with van der Waals surface area (Å²) in [6.45, 7) is 5.77. The molecule has 11 nitrogen and oxygen atoms in total. The number of hydrogen-bond acceptors (Lipinski definition) is 8. The van der Waals surface area contributed by atoms with E-state index in [0.717, 1.165) is 23.1 Å². The van der Waals surface area contributed by atoms with Crippen LogP contribution in [0.1, 0.15) is 47.3 Å². The SMILES string of the molecule is CC(=O)c1nn(CC(=O)N2[C@H](C(=O)Cc3nc(Br)ccc3C)C[C@@]3(Cn4cccn4)C[C@@H]23)c2ccc(-c3cnc(C)nc3)cc12. The van der Waals surface area contributed by atoms with Crippen LogP contribution < -0.4 is 0 Å². The summed E-state index contributed by atoms with van der Waals surface area (Å²) < 4.78 is 4.13. The minimum atomic E-state index is -0.589. The lowest BCUT2D eigenvalue weighted by Crippen LogP contribution is -2.45. The Bertz CT molecular complexity index is 1970. The monoisotopic (exact) mass is 666 g/mol. The molecule has 0 unspecified atom stereocenters. The molecular weight excluding hydrogens is 636 g/mol. The predicted octanol–water partition coefficient (Wildman–Crippen LogP) is 4.54. The molecule has 2 aliphatic rings. The van der Waals surface area contributed by atoms with Crippen LogP contribution in [0.2, 0.25) is 0 Å². The number of Topliss-reactive ketones (excluding diaryl/α,β-unsaturated/α-hetero) is 2. The average Bonchev–Trinajstić information content (AvgIpc) is 3.34. The van der Waals surface area contributed by atoms with Gasteiger partial charge in [0.15, 0.2) is 11.6 Å². The third-order valence-corrected chi connectivity index (χ3v) is 9.55. The fraction of sp³-hybridized carbons (Fsp3) is 0.333. The number of benzene rings is 1. The Balaban J connectivity index is 1.20. The van der Waals surface area contributed by atoms with Crippen molar-refractivity contribution in [1.82, 2.24) is 39.4 Å². The third kappa shape index (κ3) is 5.37. The fourth-order valence-electron chi connectivity index (χ4n) is 6.70. The molecule has 0 radical (unpaired) electrons. The number of carbonyl (C=O) groups is 3. The second-order valence-corrected chi connectivity index (χ2v) is 13.0. The van der Waals surface area contributed by atoms with Gasteiger partial charge in [-0.05, 0) is 78.0 Å². The molecule has 12 heteroatoms. The standard InChI is InChI=1S/C33H31BrN8O3/c1-19-5-8-30(34)38-25(19)12-28(44)27-13-33(18-40-10-4-9-37-40)14-29(33)42(27)31(45)17-41-26-7-6-22(23-15-35-21(3)36-16-23)11-24(26)32(39-41)20(2)43/h4-11,15-16,27,29H,12-14,17-18H2,1-3H3/t27-,29+,33-/m0/s1. The third-order valence-electron chi connectivity index (χ3n) is 9.11. The van der Waals surface area contributed by atoms with Gasteiger partial charge in [0.2, 0.25) is 5.91 Å². The van der Waals surface area contributed by atoms with Crippen LogP contribution in [0.25, 0.3) is 22.0 Å². The molecule has 0 N–H and O–H groups in total. The maximum Gasteiger partial charge on any atom is 0.245 e. The van der Waals surface area contributed by atoms with Crippen molar-refractivity contribution in [3.05, 3.63) is 88.6 Å². The van der Waals surface area contributed by atoms with E-state index in [1.165, 1.54) is 6.92 Å². The van der Waals surface area contributed by atoms with E-state index in [4.69, 9.17) is 0 Å². The highest BCUT2D eigenvalue weighted by Gasteiger charge is 2.67. The molecule has 1 aromatic carbocycles. The second kappa shape index (κ2) is 11.1. The van der Waals surface area contributed by atoms with E-state index in [1.54, 1.807) is 28.2 Å². The number of halogens is 1. The number of amides is 1. The summed E-state index contributed by atoms with van der Waals surface area (Å²) in [5.41, 5.74) is 4.02. The van der Waals surface area contributed by atoms with E-state index in [0.29, 0.717) is 40.0 Å². The van der Waals surface area contributed by atoms with Gasteiger partial charge in [-0.3, -0.25) is 23.7 Å². The molecular formula is C33H31BrN8O3. The van der Waals surface area contributed by atoms with E-state index in [9.17, 15) is 14.4 Å². The number of aromatic nitrogens is 7. The molecule has 4 aromatic heterocycles. The van der Waals surface area contributed by atoms with Crippen molar-refractivity contribution in [2.45, 2.75) is 65.2 Å². The van der Waals surface area contributed by atoms with Crippen molar-refractivity contribution in [3.63, 3.8) is 0 Å². The summed E-state index contributed by atoms with van der Waals surface area (Å²) in [5, 5.41) is 9.64. The average molecular weight is 668 g/mol. The van der Waals surface area contributed by atoms with Gasteiger partial charge in [-0.2, -0.15) is 10.2 Å². The first-order valence-electron chi connectivity index (χ1n) is 14.9. The number of ketones is 2. The predicted molar refractivity (Wildman–Crippen MR) is 169 cm³/mol. The van der Waals surface area contributed by atoms with Crippen LogP contribution in [0.4, 0.5) is 0 Å².